The fourth-order valence-electron chi connectivity index (χ4n) is 3.66. The molecule has 1 aliphatic heterocycles. The highest BCUT2D eigenvalue weighted by atomic mass is 32.1. The van der Waals surface area contributed by atoms with Gasteiger partial charge in [0.1, 0.15) is 23.9 Å². The third-order valence-electron chi connectivity index (χ3n) is 5.47. The fourth-order valence-corrected chi connectivity index (χ4v) is 4.37. The molecule has 0 radical (unpaired) electrons. The molecule has 0 aliphatic carbocycles. The van der Waals surface area contributed by atoms with Crippen LogP contribution in [-0.4, -0.2) is 56.7 Å². The Morgan fingerprint density at radius 2 is 2.25 bits per heavy atom. The topological polar surface area (TPSA) is 122 Å². The van der Waals surface area contributed by atoms with E-state index < -0.39 is 0 Å². The molecule has 5 rings (SSSR count). The summed E-state index contributed by atoms with van der Waals surface area (Å²) in [5, 5.41) is 4.31. The van der Waals surface area contributed by atoms with Crippen molar-refractivity contribution in [3.63, 3.8) is 0 Å². The Morgan fingerprint density at radius 1 is 1.34 bits per heavy atom. The molecule has 0 fully saturated rings. The number of rotatable bonds is 5. The van der Waals surface area contributed by atoms with Crippen LogP contribution in [0.1, 0.15) is 19.0 Å². The number of hydrogen-bond acceptors (Lipinski definition) is 8. The number of nitrogens with two attached hydrogens (primary N) is 1. The van der Waals surface area contributed by atoms with E-state index in [1.54, 1.807) is 29.5 Å². The van der Waals surface area contributed by atoms with Crippen molar-refractivity contribution in [1.82, 2.24) is 24.8 Å². The summed E-state index contributed by atoms with van der Waals surface area (Å²) in [5.74, 6) is 0.735. The largest absolute Gasteiger partial charge is 0.445 e. The first kappa shape index (κ1) is 20.4. The molecule has 0 bridgehead atoms. The number of carbonyl (C=O) groups excluding carboxylic acids is 1. The first-order valence-corrected chi connectivity index (χ1v) is 11.3. The van der Waals surface area contributed by atoms with Crippen LogP contribution in [0.2, 0.25) is 0 Å². The molecule has 1 unspecified atom stereocenters. The van der Waals surface area contributed by atoms with Crippen LogP contribution in [0.15, 0.2) is 42.2 Å². The highest BCUT2D eigenvalue weighted by Gasteiger charge is 2.21. The Hall–Kier alpha value is -3.50. The zero-order valence-corrected chi connectivity index (χ0v) is 18.4. The summed E-state index contributed by atoms with van der Waals surface area (Å²) in [6.45, 7) is 3.18. The van der Waals surface area contributed by atoms with Gasteiger partial charge in [0.05, 0.1) is 21.1 Å². The average Bonchev–Trinajstić information content (AvgIpc) is 3.46. The molecule has 164 valence electrons. The monoisotopic (exact) mass is 449 g/mol. The van der Waals surface area contributed by atoms with Crippen LogP contribution in [-0.2, 0) is 4.74 Å². The van der Waals surface area contributed by atoms with Crippen LogP contribution < -0.4 is 11.1 Å². The van der Waals surface area contributed by atoms with E-state index in [0.717, 1.165) is 50.4 Å². The third kappa shape index (κ3) is 4.02. The predicted octanol–water partition coefficient (Wildman–Crippen LogP) is 3.88. The Labute approximate surface area is 188 Å². The van der Waals surface area contributed by atoms with Crippen molar-refractivity contribution in [2.45, 2.75) is 19.4 Å². The molecule has 0 saturated carbocycles. The summed E-state index contributed by atoms with van der Waals surface area (Å²) in [7, 11) is 0. The van der Waals surface area contributed by atoms with Gasteiger partial charge in [-0.05, 0) is 43.2 Å². The lowest BCUT2D eigenvalue weighted by Gasteiger charge is -2.26. The van der Waals surface area contributed by atoms with Crippen LogP contribution in [0.25, 0.3) is 26.8 Å². The van der Waals surface area contributed by atoms with Crippen molar-refractivity contribution in [2.24, 2.45) is 5.73 Å². The molecule has 4 heterocycles. The number of fused-ring (bicyclic) bond motifs is 2. The smallest absolute Gasteiger partial charge is 0.410 e. The molecular formula is C22H23N7O2S. The van der Waals surface area contributed by atoms with Gasteiger partial charge in [-0.3, -0.25) is 0 Å². The average molecular weight is 450 g/mol. The van der Waals surface area contributed by atoms with Gasteiger partial charge in [-0.25, -0.2) is 19.7 Å². The van der Waals surface area contributed by atoms with E-state index in [1.165, 1.54) is 0 Å². The van der Waals surface area contributed by atoms with Gasteiger partial charge in [0.15, 0.2) is 0 Å². The molecule has 4 aromatic rings. The molecule has 0 saturated heterocycles. The van der Waals surface area contributed by atoms with Gasteiger partial charge < -0.3 is 25.7 Å². The second kappa shape index (κ2) is 8.56. The number of hydrogen-bond donors (Lipinski definition) is 3. The number of anilines is 2. The van der Waals surface area contributed by atoms with Crippen LogP contribution in [0.4, 0.5) is 16.3 Å². The lowest BCUT2D eigenvalue weighted by molar-refractivity contribution is 0.0760. The molecule has 0 spiro atoms. The van der Waals surface area contributed by atoms with Crippen molar-refractivity contribution in [3.8, 4) is 0 Å². The van der Waals surface area contributed by atoms with Crippen molar-refractivity contribution in [1.29, 1.82) is 0 Å². The fraction of sp³-hybridized carbons (Fsp3) is 0.273. The van der Waals surface area contributed by atoms with Crippen molar-refractivity contribution in [3.05, 3.63) is 47.9 Å². The molecule has 10 heteroatoms. The predicted molar refractivity (Wildman–Crippen MR) is 126 cm³/mol. The summed E-state index contributed by atoms with van der Waals surface area (Å²) >= 11 is 1.60. The van der Waals surface area contributed by atoms with Crippen LogP contribution in [0, 0.1) is 0 Å². The molecule has 1 atom stereocenters. The maximum atomic E-state index is 12.2. The Balaban J connectivity index is 1.35. The number of ether oxygens (including phenoxy) is 1. The first-order chi connectivity index (χ1) is 15.6. The van der Waals surface area contributed by atoms with E-state index in [-0.39, 0.29) is 12.2 Å². The number of nitrogens with one attached hydrogen (secondary N) is 2. The third-order valence-corrected chi connectivity index (χ3v) is 6.26. The zero-order chi connectivity index (χ0) is 22.1. The standard InChI is InChI=1S/C22H23N7O2S/c1-13(10-23)31-22(30)29-6-4-14(5-7-29)18-9-16-20(24-11-25-21(16)28-18)27-15-2-3-17-19(8-15)32-12-26-17/h2-4,8-9,11-13H,5-7,10,23H2,1H3,(H2,24,25,27,28). The second-order valence-corrected chi connectivity index (χ2v) is 8.57. The number of carbonyl (C=O) groups is 1. The number of nitrogens with zero attached hydrogens (tertiary/aromatic N) is 4. The Kier molecular flexibility index (Phi) is 5.46. The minimum absolute atomic E-state index is 0.289. The van der Waals surface area contributed by atoms with E-state index in [9.17, 15) is 4.79 Å². The lowest BCUT2D eigenvalue weighted by Crippen LogP contribution is -2.38. The number of aromatic nitrogens is 4. The lowest BCUT2D eigenvalue weighted by atomic mass is 10.1. The quantitative estimate of drug-likeness (QED) is 0.422. The maximum Gasteiger partial charge on any atom is 0.410 e. The number of benzene rings is 1. The molecular weight excluding hydrogens is 426 g/mol. The zero-order valence-electron chi connectivity index (χ0n) is 17.5. The minimum atomic E-state index is -0.329. The normalized spacial score (nSPS) is 15.1. The number of H-pyrrole nitrogens is 1. The molecule has 4 N–H and O–H groups in total. The maximum absolute atomic E-state index is 12.2. The van der Waals surface area contributed by atoms with Crippen molar-refractivity contribution >= 4 is 55.8 Å². The van der Waals surface area contributed by atoms with Gasteiger partial charge >= 0.3 is 6.09 Å². The molecule has 1 aromatic carbocycles. The minimum Gasteiger partial charge on any atom is -0.445 e. The second-order valence-electron chi connectivity index (χ2n) is 7.68. The summed E-state index contributed by atoms with van der Waals surface area (Å²) in [6, 6.07) is 8.11. The van der Waals surface area contributed by atoms with Gasteiger partial charge in [0.25, 0.3) is 0 Å². The van der Waals surface area contributed by atoms with Gasteiger partial charge in [-0.15, -0.1) is 11.3 Å². The number of amides is 1. The van der Waals surface area contributed by atoms with Gasteiger partial charge in [-0.2, -0.15) is 0 Å². The Morgan fingerprint density at radius 3 is 3.06 bits per heavy atom. The highest BCUT2D eigenvalue weighted by Crippen LogP contribution is 2.30. The van der Waals surface area contributed by atoms with Crippen LogP contribution in [0.3, 0.4) is 0 Å². The van der Waals surface area contributed by atoms with Crippen LogP contribution >= 0.6 is 11.3 Å². The molecule has 3 aromatic heterocycles. The van der Waals surface area contributed by atoms with E-state index in [4.69, 9.17) is 10.5 Å². The van der Waals surface area contributed by atoms with Gasteiger partial charge in [-0.1, -0.05) is 6.08 Å². The highest BCUT2D eigenvalue weighted by molar-refractivity contribution is 7.16. The van der Waals surface area contributed by atoms with Crippen molar-refractivity contribution in [2.75, 3.05) is 25.0 Å². The SMILES string of the molecule is CC(CN)OC(=O)N1CC=C(c2cc3c(Nc4ccc5ncsc5c4)ncnc3[nH]2)CC1. The van der Waals surface area contributed by atoms with Crippen LogP contribution in [0.5, 0.6) is 0 Å². The van der Waals surface area contributed by atoms with Gasteiger partial charge in [0, 0.05) is 31.0 Å². The number of thiazole rings is 1. The summed E-state index contributed by atoms with van der Waals surface area (Å²) in [6.07, 6.45) is 3.69. The summed E-state index contributed by atoms with van der Waals surface area (Å²) in [5.41, 5.74) is 12.2. The molecule has 32 heavy (non-hydrogen) atoms. The summed E-state index contributed by atoms with van der Waals surface area (Å²) < 4.78 is 6.43. The first-order valence-electron chi connectivity index (χ1n) is 10.4. The van der Waals surface area contributed by atoms with E-state index in [1.807, 2.05) is 23.7 Å². The molecule has 9 nitrogen and oxygen atoms in total. The molecule has 1 amide bonds. The number of aromatic amines is 1. The molecule has 1 aliphatic rings. The van der Waals surface area contributed by atoms with E-state index in [2.05, 4.69) is 37.4 Å². The Bertz CT molecular complexity index is 1310. The van der Waals surface area contributed by atoms with Gasteiger partial charge in [0.2, 0.25) is 0 Å². The van der Waals surface area contributed by atoms with Crippen molar-refractivity contribution < 1.29 is 9.53 Å². The van der Waals surface area contributed by atoms with E-state index >= 15 is 0 Å². The van der Waals surface area contributed by atoms with E-state index in [0.29, 0.717) is 19.6 Å². The summed E-state index contributed by atoms with van der Waals surface area (Å²) in [4.78, 5) is 30.4.